The van der Waals surface area contributed by atoms with E-state index in [4.69, 9.17) is 9.52 Å². The number of carboxylic acids is 1. The van der Waals surface area contributed by atoms with E-state index in [0.717, 1.165) is 43.1 Å². The summed E-state index contributed by atoms with van der Waals surface area (Å²) in [7, 11) is 2.08. The first kappa shape index (κ1) is 24.0. The molecule has 2 aromatic heterocycles. The number of nitrogens with one attached hydrogen (secondary N) is 1. The summed E-state index contributed by atoms with van der Waals surface area (Å²) >= 11 is 0. The number of piperazine rings is 1. The molecule has 0 unspecified atom stereocenters. The number of aromatic carboxylic acids is 1. The summed E-state index contributed by atoms with van der Waals surface area (Å²) in [4.78, 5) is 38.5. The van der Waals surface area contributed by atoms with E-state index in [0.29, 0.717) is 22.4 Å². The van der Waals surface area contributed by atoms with Crippen molar-refractivity contribution in [2.45, 2.75) is 13.8 Å². The minimum absolute atomic E-state index is 0.179. The fourth-order valence-corrected chi connectivity index (χ4v) is 4.21. The lowest BCUT2D eigenvalue weighted by Gasteiger charge is -2.34. The van der Waals surface area contributed by atoms with Gasteiger partial charge in [0.15, 0.2) is 0 Å². The van der Waals surface area contributed by atoms with Gasteiger partial charge in [0.2, 0.25) is 11.6 Å². The van der Waals surface area contributed by atoms with Crippen molar-refractivity contribution in [3.63, 3.8) is 0 Å². The number of nitrogens with zero attached hydrogens (tertiary/aromatic N) is 3. The summed E-state index contributed by atoms with van der Waals surface area (Å²) in [5.41, 5.74) is 3.67. The molecule has 0 aliphatic carbocycles. The van der Waals surface area contributed by atoms with Crippen LogP contribution in [0.3, 0.4) is 0 Å². The van der Waals surface area contributed by atoms with Gasteiger partial charge in [-0.15, -0.1) is 0 Å². The standard InChI is InChI=1S/C14H12N2O3.C12H16N2O2/c1-8-3-6-13-16(8)12-5-4-10(15-9(2)17)7-11(12)14(18)19-13;1-13-6-8-14(9-7-13)11-5-3-2-4-10(11)12(15)16/h3-7H,1-2H3,(H,15,17);2-5H,6-9H2,1H3,(H,15,16). The topological polar surface area (TPSA) is 107 Å². The number of amides is 1. The first-order valence-corrected chi connectivity index (χ1v) is 11.3. The Morgan fingerprint density at radius 3 is 2.40 bits per heavy atom. The number of aryl methyl sites for hydroxylation is 1. The number of aromatic nitrogens is 1. The second-order valence-corrected chi connectivity index (χ2v) is 8.56. The fourth-order valence-electron chi connectivity index (χ4n) is 4.21. The van der Waals surface area contributed by atoms with Crippen LogP contribution in [0.25, 0.3) is 16.6 Å². The maximum Gasteiger partial charge on any atom is 0.347 e. The van der Waals surface area contributed by atoms with Gasteiger partial charge in [-0.3, -0.25) is 9.20 Å². The fraction of sp³-hybridized carbons (Fsp3) is 0.269. The van der Waals surface area contributed by atoms with E-state index >= 15 is 0 Å². The molecule has 9 nitrogen and oxygen atoms in total. The van der Waals surface area contributed by atoms with Crippen molar-refractivity contribution >= 4 is 39.9 Å². The molecule has 0 radical (unpaired) electrons. The van der Waals surface area contributed by atoms with Crippen LogP contribution in [0.1, 0.15) is 23.0 Å². The third-order valence-electron chi connectivity index (χ3n) is 5.99. The number of likely N-dealkylation sites (N-methyl/N-ethyl adjacent to an activating group) is 1. The lowest BCUT2D eigenvalue weighted by atomic mass is 10.1. The van der Waals surface area contributed by atoms with Crippen molar-refractivity contribution in [1.29, 1.82) is 0 Å². The average molecular weight is 477 g/mol. The lowest BCUT2D eigenvalue weighted by Crippen LogP contribution is -2.45. The zero-order valence-corrected chi connectivity index (χ0v) is 19.9. The van der Waals surface area contributed by atoms with Crippen molar-refractivity contribution < 1.29 is 19.1 Å². The summed E-state index contributed by atoms with van der Waals surface area (Å²) in [6.45, 7) is 7.10. The summed E-state index contributed by atoms with van der Waals surface area (Å²) in [5, 5.41) is 12.2. The Morgan fingerprint density at radius 1 is 1.00 bits per heavy atom. The molecule has 2 aromatic carbocycles. The number of benzene rings is 2. The number of carbonyl (C=O) groups is 2. The third kappa shape index (κ3) is 5.20. The number of fused-ring (bicyclic) bond motifs is 3. The summed E-state index contributed by atoms with van der Waals surface area (Å²) in [6, 6.07) is 16.0. The van der Waals surface area contributed by atoms with Crippen LogP contribution >= 0.6 is 0 Å². The Bertz CT molecular complexity index is 1450. The molecule has 1 aliphatic rings. The van der Waals surface area contributed by atoms with Gasteiger partial charge in [0.25, 0.3) is 0 Å². The monoisotopic (exact) mass is 476 g/mol. The summed E-state index contributed by atoms with van der Waals surface area (Å²) < 4.78 is 7.12. The first-order valence-electron chi connectivity index (χ1n) is 11.3. The van der Waals surface area contributed by atoms with Gasteiger partial charge in [-0.2, -0.15) is 0 Å². The van der Waals surface area contributed by atoms with E-state index in [1.807, 2.05) is 29.5 Å². The van der Waals surface area contributed by atoms with Crippen molar-refractivity contribution in [2.75, 3.05) is 43.4 Å². The smallest absolute Gasteiger partial charge is 0.347 e. The molecule has 1 aliphatic heterocycles. The average Bonchev–Trinajstić information content (AvgIpc) is 3.20. The molecule has 0 atom stereocenters. The predicted octanol–water partition coefficient (Wildman–Crippen LogP) is 3.45. The van der Waals surface area contributed by atoms with Gasteiger partial charge >= 0.3 is 11.6 Å². The minimum Gasteiger partial charge on any atom is -0.478 e. The van der Waals surface area contributed by atoms with Gasteiger partial charge < -0.3 is 24.6 Å². The van der Waals surface area contributed by atoms with Crippen LogP contribution in [-0.2, 0) is 4.79 Å². The number of para-hydroxylation sites is 1. The number of carbonyl (C=O) groups excluding carboxylic acids is 1. The van der Waals surface area contributed by atoms with E-state index in [1.165, 1.54) is 6.92 Å². The Balaban J connectivity index is 0.000000168. The van der Waals surface area contributed by atoms with Crippen LogP contribution < -0.4 is 15.8 Å². The van der Waals surface area contributed by atoms with Crippen LogP contribution in [0.4, 0.5) is 11.4 Å². The Morgan fingerprint density at radius 2 is 1.71 bits per heavy atom. The van der Waals surface area contributed by atoms with Crippen molar-refractivity contribution in [3.8, 4) is 0 Å². The second-order valence-electron chi connectivity index (χ2n) is 8.56. The maximum atomic E-state index is 11.9. The van der Waals surface area contributed by atoms with Gasteiger partial charge in [-0.05, 0) is 50.4 Å². The lowest BCUT2D eigenvalue weighted by molar-refractivity contribution is -0.114. The molecule has 1 amide bonds. The summed E-state index contributed by atoms with van der Waals surface area (Å²) in [5.74, 6) is -1.03. The molecule has 2 N–H and O–H groups in total. The van der Waals surface area contributed by atoms with Gasteiger partial charge in [0, 0.05) is 50.6 Å². The number of rotatable bonds is 3. The number of hydrogen-bond donors (Lipinski definition) is 2. The Hall–Kier alpha value is -4.11. The molecule has 4 aromatic rings. The minimum atomic E-state index is -0.852. The van der Waals surface area contributed by atoms with Crippen LogP contribution in [0, 0.1) is 6.92 Å². The normalized spacial score (nSPS) is 14.0. The Kier molecular flexibility index (Phi) is 6.88. The molecule has 35 heavy (non-hydrogen) atoms. The van der Waals surface area contributed by atoms with Crippen molar-refractivity contribution in [2.24, 2.45) is 0 Å². The molecule has 1 saturated heterocycles. The third-order valence-corrected chi connectivity index (χ3v) is 5.99. The molecule has 182 valence electrons. The molecule has 9 heteroatoms. The zero-order chi connectivity index (χ0) is 25.1. The SMILES string of the molecule is CC(=O)Nc1ccc2c(c1)c(=O)oc1ccc(C)n12.CN1CCN(c2ccccc2C(=O)O)CC1. The largest absolute Gasteiger partial charge is 0.478 e. The van der Waals surface area contributed by atoms with E-state index in [9.17, 15) is 14.4 Å². The highest BCUT2D eigenvalue weighted by Gasteiger charge is 2.19. The zero-order valence-electron chi connectivity index (χ0n) is 19.9. The molecule has 1 fully saturated rings. The van der Waals surface area contributed by atoms with Crippen molar-refractivity contribution in [1.82, 2.24) is 9.30 Å². The van der Waals surface area contributed by atoms with Crippen LogP contribution in [0.15, 0.2) is 63.8 Å². The van der Waals surface area contributed by atoms with Gasteiger partial charge in [0.1, 0.15) is 0 Å². The number of hydrogen-bond acceptors (Lipinski definition) is 6. The number of carboxylic acid groups (broad SMARTS) is 1. The molecule has 0 spiro atoms. The van der Waals surface area contributed by atoms with Crippen molar-refractivity contribution in [3.05, 3.63) is 76.3 Å². The molecule has 0 saturated carbocycles. The van der Waals surface area contributed by atoms with Crippen LogP contribution in [0.5, 0.6) is 0 Å². The van der Waals surface area contributed by atoms with Crippen LogP contribution in [0.2, 0.25) is 0 Å². The Labute approximate surface area is 202 Å². The maximum absolute atomic E-state index is 11.9. The molecular weight excluding hydrogens is 448 g/mol. The van der Waals surface area contributed by atoms with Gasteiger partial charge in [-0.25, -0.2) is 9.59 Å². The molecular formula is C26H28N4O5. The van der Waals surface area contributed by atoms with Crippen LogP contribution in [-0.4, -0.2) is 59.5 Å². The highest BCUT2D eigenvalue weighted by Crippen LogP contribution is 2.22. The highest BCUT2D eigenvalue weighted by molar-refractivity contribution is 5.94. The predicted molar refractivity (Wildman–Crippen MR) is 136 cm³/mol. The van der Waals surface area contributed by atoms with E-state index in [2.05, 4.69) is 22.2 Å². The second kappa shape index (κ2) is 10.0. The van der Waals surface area contributed by atoms with Gasteiger partial charge in [0.05, 0.1) is 22.2 Å². The summed E-state index contributed by atoms with van der Waals surface area (Å²) in [6.07, 6.45) is 0. The first-order chi connectivity index (χ1) is 16.7. The highest BCUT2D eigenvalue weighted by atomic mass is 16.4. The molecule has 5 rings (SSSR count). The van der Waals surface area contributed by atoms with E-state index in [1.54, 1.807) is 36.4 Å². The van der Waals surface area contributed by atoms with Gasteiger partial charge in [-0.1, -0.05) is 12.1 Å². The van der Waals surface area contributed by atoms with E-state index < -0.39 is 11.6 Å². The quantitative estimate of drug-likeness (QED) is 0.466. The van der Waals surface area contributed by atoms with E-state index in [-0.39, 0.29) is 5.91 Å². The molecule has 0 bridgehead atoms. The molecule has 3 heterocycles. The number of anilines is 2.